The summed E-state index contributed by atoms with van der Waals surface area (Å²) in [6.45, 7) is 13.2. The highest BCUT2D eigenvalue weighted by atomic mass is 16.5. The minimum Gasteiger partial charge on any atom is -0.493 e. The van der Waals surface area contributed by atoms with Crippen LogP contribution in [0.4, 0.5) is 0 Å². The van der Waals surface area contributed by atoms with E-state index in [0.29, 0.717) is 6.61 Å². The Kier molecular flexibility index (Phi) is 5.54. The summed E-state index contributed by atoms with van der Waals surface area (Å²) in [5, 5.41) is 0. The molecule has 0 heterocycles. The first kappa shape index (κ1) is 14.1. The van der Waals surface area contributed by atoms with Crippen LogP contribution in [0, 0.1) is 6.92 Å². The molecule has 0 amide bonds. The Labute approximate surface area is 106 Å². The van der Waals surface area contributed by atoms with Crippen LogP contribution in [0.15, 0.2) is 6.07 Å². The smallest absolute Gasteiger partial charge is 0.123 e. The van der Waals surface area contributed by atoms with Gasteiger partial charge in [-0.25, -0.2) is 0 Å². The highest BCUT2D eigenvalue weighted by molar-refractivity contribution is 5.50. The Morgan fingerprint density at radius 2 is 1.47 bits per heavy atom. The van der Waals surface area contributed by atoms with E-state index in [4.69, 9.17) is 4.74 Å². The van der Waals surface area contributed by atoms with Crippen LogP contribution in [0.2, 0.25) is 0 Å². The summed E-state index contributed by atoms with van der Waals surface area (Å²) in [5.74, 6) is 1.05. The minimum absolute atomic E-state index is 0.505. The molecule has 0 bridgehead atoms. The van der Waals surface area contributed by atoms with Crippen molar-refractivity contribution >= 4 is 0 Å². The molecule has 0 N–H and O–H groups in total. The lowest BCUT2D eigenvalue weighted by Gasteiger charge is -2.20. The van der Waals surface area contributed by atoms with Gasteiger partial charge in [-0.2, -0.15) is 0 Å². The third-order valence-electron chi connectivity index (χ3n) is 3.42. The average Bonchev–Trinajstić information content (AvgIpc) is 2.37. The first-order valence-corrected chi connectivity index (χ1v) is 6.81. The topological polar surface area (TPSA) is 9.23 Å². The molecule has 1 heteroatoms. The third kappa shape index (κ3) is 2.83. The zero-order valence-electron chi connectivity index (χ0n) is 11.7. The summed E-state index contributed by atoms with van der Waals surface area (Å²) < 4.78 is 5.70. The minimum atomic E-state index is 0.505. The molecule has 0 atom stereocenters. The van der Waals surface area contributed by atoms with Crippen LogP contribution in [0.1, 0.15) is 49.9 Å². The molecule has 0 spiro atoms. The van der Waals surface area contributed by atoms with Crippen molar-refractivity contribution in [2.24, 2.45) is 0 Å². The van der Waals surface area contributed by atoms with Crippen LogP contribution in [0.3, 0.4) is 0 Å². The van der Waals surface area contributed by atoms with E-state index in [1.165, 1.54) is 22.3 Å². The van der Waals surface area contributed by atoms with Crippen molar-refractivity contribution in [2.75, 3.05) is 6.61 Å². The van der Waals surface area contributed by atoms with Gasteiger partial charge in [0.1, 0.15) is 5.75 Å². The van der Waals surface area contributed by atoms with E-state index >= 15 is 0 Å². The molecule has 17 heavy (non-hydrogen) atoms. The fourth-order valence-corrected chi connectivity index (χ4v) is 2.67. The Balaban J connectivity index is 3.42. The second-order valence-corrected chi connectivity index (χ2v) is 4.23. The third-order valence-corrected chi connectivity index (χ3v) is 3.42. The molecule has 0 unspecified atom stereocenters. The number of hydrogen-bond acceptors (Lipinski definition) is 1. The second kappa shape index (κ2) is 6.68. The molecule has 95 valence electrons. The highest BCUT2D eigenvalue weighted by Gasteiger charge is 2.14. The molecule has 0 saturated heterocycles. The monoisotopic (exact) mass is 233 g/mol. The van der Waals surface area contributed by atoms with Crippen molar-refractivity contribution < 1.29 is 4.74 Å². The summed E-state index contributed by atoms with van der Waals surface area (Å²) in [5.41, 5.74) is 5.84. The first-order valence-electron chi connectivity index (χ1n) is 6.81. The average molecular weight is 233 g/mol. The van der Waals surface area contributed by atoms with E-state index in [1.807, 2.05) is 0 Å². The first-order chi connectivity index (χ1) is 8.23. The second-order valence-electron chi connectivity index (χ2n) is 4.23. The summed E-state index contributed by atoms with van der Waals surface area (Å²) in [6, 6.07) is 2.22. The van der Waals surface area contributed by atoms with Crippen molar-refractivity contribution in [1.29, 1.82) is 0 Å². The molecule has 0 fully saturated rings. The number of ether oxygens (including phenoxy) is 1. The summed E-state index contributed by atoms with van der Waals surface area (Å²) >= 11 is 0. The van der Waals surface area contributed by atoms with Crippen molar-refractivity contribution in [3.63, 3.8) is 0 Å². The zero-order valence-corrected chi connectivity index (χ0v) is 11.7. The van der Waals surface area contributed by atoms with Crippen LogP contribution < -0.4 is 4.74 Å². The lowest BCUT2D eigenvalue weighted by atomic mass is 9.89. The fourth-order valence-electron chi connectivity index (χ4n) is 2.67. The van der Waals surface area contributed by atoms with Gasteiger partial charge in [-0.3, -0.25) is 0 Å². The number of benzene rings is 1. The summed E-state index contributed by atoms with van der Waals surface area (Å²) in [4.78, 5) is 0. The standard InChI is InChI=1S/C16H25O/c1-6-12-11-16(17-10-5)15(9-4)14(8-3)13(12)7-2/h11H,5-10H2,1-4H3. The van der Waals surface area contributed by atoms with Gasteiger partial charge in [-0.15, -0.1) is 0 Å². The normalized spacial score (nSPS) is 10.6. The molecule has 0 aliphatic heterocycles. The van der Waals surface area contributed by atoms with Gasteiger partial charge in [0.25, 0.3) is 0 Å². The van der Waals surface area contributed by atoms with Crippen molar-refractivity contribution in [1.82, 2.24) is 0 Å². The molecule has 1 aromatic carbocycles. The molecule has 1 nitrogen and oxygen atoms in total. The van der Waals surface area contributed by atoms with E-state index in [9.17, 15) is 0 Å². The molecular weight excluding hydrogens is 208 g/mol. The molecular formula is C16H25O. The largest absolute Gasteiger partial charge is 0.493 e. The van der Waals surface area contributed by atoms with E-state index in [1.54, 1.807) is 0 Å². The van der Waals surface area contributed by atoms with E-state index < -0.39 is 0 Å². The van der Waals surface area contributed by atoms with Gasteiger partial charge >= 0.3 is 0 Å². The molecule has 0 aliphatic rings. The number of aryl methyl sites for hydroxylation is 1. The molecule has 0 aliphatic carbocycles. The van der Waals surface area contributed by atoms with Gasteiger partial charge in [-0.05, 0) is 60.9 Å². The fraction of sp³-hybridized carbons (Fsp3) is 0.562. The summed E-state index contributed by atoms with van der Waals surface area (Å²) in [7, 11) is 0. The van der Waals surface area contributed by atoms with Crippen LogP contribution in [0.25, 0.3) is 0 Å². The Bertz CT molecular complexity index is 366. The highest BCUT2D eigenvalue weighted by Crippen LogP contribution is 2.31. The Morgan fingerprint density at radius 1 is 0.882 bits per heavy atom. The van der Waals surface area contributed by atoms with Crippen LogP contribution >= 0.6 is 0 Å². The predicted molar refractivity (Wildman–Crippen MR) is 74.8 cm³/mol. The van der Waals surface area contributed by atoms with Crippen molar-refractivity contribution in [2.45, 2.75) is 53.4 Å². The van der Waals surface area contributed by atoms with Gasteiger partial charge in [0.2, 0.25) is 0 Å². The molecule has 1 aromatic rings. The number of rotatable bonds is 6. The quantitative estimate of drug-likeness (QED) is 0.717. The van der Waals surface area contributed by atoms with Gasteiger partial charge in [0.15, 0.2) is 0 Å². The van der Waals surface area contributed by atoms with E-state index in [0.717, 1.165) is 31.4 Å². The zero-order chi connectivity index (χ0) is 12.8. The lowest BCUT2D eigenvalue weighted by molar-refractivity contribution is 0.356. The van der Waals surface area contributed by atoms with Crippen LogP contribution in [-0.4, -0.2) is 6.61 Å². The maximum Gasteiger partial charge on any atom is 0.123 e. The lowest BCUT2D eigenvalue weighted by Crippen LogP contribution is -2.06. The van der Waals surface area contributed by atoms with Gasteiger partial charge in [0, 0.05) is 0 Å². The van der Waals surface area contributed by atoms with Crippen LogP contribution in [-0.2, 0) is 25.7 Å². The molecule has 0 aromatic heterocycles. The molecule has 1 radical (unpaired) electrons. The predicted octanol–water partition coefficient (Wildman–Crippen LogP) is 4.15. The Hall–Kier alpha value is -0.980. The molecule has 0 saturated carbocycles. The Morgan fingerprint density at radius 3 is 1.88 bits per heavy atom. The maximum absolute atomic E-state index is 5.70. The van der Waals surface area contributed by atoms with Crippen molar-refractivity contribution in [3.05, 3.63) is 35.2 Å². The van der Waals surface area contributed by atoms with Crippen LogP contribution in [0.5, 0.6) is 5.75 Å². The van der Waals surface area contributed by atoms with E-state index in [-0.39, 0.29) is 0 Å². The summed E-state index contributed by atoms with van der Waals surface area (Å²) in [6.07, 6.45) is 4.32. The molecule has 1 rings (SSSR count). The number of hydrogen-bond donors (Lipinski definition) is 0. The SMILES string of the molecule is [CH2]COc1cc(CC)c(CC)c(CC)c1CC. The van der Waals surface area contributed by atoms with Gasteiger partial charge < -0.3 is 4.74 Å². The van der Waals surface area contributed by atoms with Crippen molar-refractivity contribution in [3.8, 4) is 5.75 Å². The van der Waals surface area contributed by atoms with Gasteiger partial charge in [0.05, 0.1) is 6.61 Å². The van der Waals surface area contributed by atoms with Gasteiger partial charge in [-0.1, -0.05) is 27.7 Å². The maximum atomic E-state index is 5.70. The van der Waals surface area contributed by atoms with E-state index in [2.05, 4.69) is 40.7 Å².